The van der Waals surface area contributed by atoms with Crippen molar-refractivity contribution in [2.24, 2.45) is 0 Å². The van der Waals surface area contributed by atoms with Crippen LogP contribution in [0, 0.1) is 0 Å². The maximum absolute atomic E-state index is 12.5. The third-order valence-corrected chi connectivity index (χ3v) is 2.27. The molecule has 1 atom stereocenters. The Bertz CT molecular complexity index is 470. The molecule has 2 heterocycles. The first-order valence-corrected chi connectivity index (χ1v) is 5.18. The van der Waals surface area contributed by atoms with Crippen molar-refractivity contribution >= 4 is 5.69 Å². The molecular formula is C11H12F2N4. The van der Waals surface area contributed by atoms with Crippen LogP contribution >= 0.6 is 0 Å². The van der Waals surface area contributed by atoms with Gasteiger partial charge < -0.3 is 5.32 Å². The highest BCUT2D eigenvalue weighted by Gasteiger charge is 2.16. The van der Waals surface area contributed by atoms with Crippen molar-refractivity contribution in [2.75, 3.05) is 5.32 Å². The molecule has 0 amide bonds. The minimum Gasteiger partial charge on any atom is -0.374 e. The normalized spacial score (nSPS) is 12.7. The monoisotopic (exact) mass is 238 g/mol. The average Bonchev–Trinajstić information content (AvgIpc) is 2.83. The average molecular weight is 238 g/mol. The van der Waals surface area contributed by atoms with E-state index in [1.54, 1.807) is 36.8 Å². The molecule has 90 valence electrons. The van der Waals surface area contributed by atoms with Gasteiger partial charge in [-0.15, -0.1) is 0 Å². The van der Waals surface area contributed by atoms with Crippen LogP contribution in [-0.4, -0.2) is 27.2 Å². The molecule has 2 aromatic heterocycles. The largest absolute Gasteiger partial charge is 0.374 e. The Hall–Kier alpha value is -1.98. The van der Waals surface area contributed by atoms with E-state index >= 15 is 0 Å². The smallest absolute Gasteiger partial charge is 0.258 e. The van der Waals surface area contributed by atoms with E-state index < -0.39 is 12.5 Å². The first-order valence-electron chi connectivity index (χ1n) is 5.18. The minimum absolute atomic E-state index is 0.505. The van der Waals surface area contributed by atoms with Gasteiger partial charge in [0.25, 0.3) is 6.43 Å². The number of alkyl halides is 2. The predicted octanol–water partition coefficient (Wildman–Crippen LogP) is 2.33. The summed E-state index contributed by atoms with van der Waals surface area (Å²) >= 11 is 0. The van der Waals surface area contributed by atoms with Gasteiger partial charge in [-0.25, -0.2) is 18.4 Å². The molecule has 0 fully saturated rings. The highest BCUT2D eigenvalue weighted by atomic mass is 19.3. The van der Waals surface area contributed by atoms with Crippen LogP contribution in [0.3, 0.4) is 0 Å². The minimum atomic E-state index is -2.43. The lowest BCUT2D eigenvalue weighted by Crippen LogP contribution is -2.24. The fourth-order valence-electron chi connectivity index (χ4n) is 1.39. The lowest BCUT2D eigenvalue weighted by atomic mass is 10.3. The van der Waals surface area contributed by atoms with E-state index in [1.165, 1.54) is 11.6 Å². The van der Waals surface area contributed by atoms with E-state index in [4.69, 9.17) is 0 Å². The summed E-state index contributed by atoms with van der Waals surface area (Å²) in [4.78, 5) is 4.13. The zero-order valence-corrected chi connectivity index (χ0v) is 9.22. The Morgan fingerprint density at radius 1 is 1.29 bits per heavy atom. The summed E-state index contributed by atoms with van der Waals surface area (Å²) in [5.41, 5.74) is 0.531. The lowest BCUT2D eigenvalue weighted by Gasteiger charge is -2.16. The van der Waals surface area contributed by atoms with Crippen LogP contribution in [0.15, 0.2) is 36.8 Å². The first kappa shape index (κ1) is 11.5. The van der Waals surface area contributed by atoms with Gasteiger partial charge in [0.05, 0.1) is 11.7 Å². The van der Waals surface area contributed by atoms with Crippen molar-refractivity contribution in [3.8, 4) is 5.82 Å². The topological polar surface area (TPSA) is 42.7 Å². The Kier molecular flexibility index (Phi) is 3.32. The molecule has 0 aliphatic rings. The van der Waals surface area contributed by atoms with Crippen LogP contribution in [0.4, 0.5) is 14.5 Å². The summed E-state index contributed by atoms with van der Waals surface area (Å²) in [5, 5.41) is 6.75. The highest BCUT2D eigenvalue weighted by molar-refractivity contribution is 5.56. The van der Waals surface area contributed by atoms with Crippen LogP contribution in [0.2, 0.25) is 0 Å². The Labute approximate surface area is 97.3 Å². The second kappa shape index (κ2) is 4.90. The number of pyridine rings is 1. The maximum atomic E-state index is 12.5. The Morgan fingerprint density at radius 2 is 2.12 bits per heavy atom. The van der Waals surface area contributed by atoms with Gasteiger partial charge in [0, 0.05) is 18.6 Å². The lowest BCUT2D eigenvalue weighted by molar-refractivity contribution is 0.130. The van der Waals surface area contributed by atoms with Crippen molar-refractivity contribution < 1.29 is 8.78 Å². The number of aromatic nitrogens is 3. The van der Waals surface area contributed by atoms with E-state index in [1.807, 2.05) is 0 Å². The molecule has 0 aromatic carbocycles. The molecular weight excluding hydrogens is 226 g/mol. The van der Waals surface area contributed by atoms with Crippen molar-refractivity contribution in [3.05, 3.63) is 36.8 Å². The molecule has 17 heavy (non-hydrogen) atoms. The second-order valence-corrected chi connectivity index (χ2v) is 3.59. The third kappa shape index (κ3) is 2.58. The molecule has 0 spiro atoms. The number of hydrogen-bond acceptors (Lipinski definition) is 3. The van der Waals surface area contributed by atoms with Gasteiger partial charge in [-0.2, -0.15) is 5.10 Å². The quantitative estimate of drug-likeness (QED) is 0.889. The van der Waals surface area contributed by atoms with E-state index in [9.17, 15) is 8.78 Å². The summed E-state index contributed by atoms with van der Waals surface area (Å²) < 4.78 is 26.5. The number of nitrogens with one attached hydrogen (secondary N) is 1. The highest BCUT2D eigenvalue weighted by Crippen LogP contribution is 2.18. The number of anilines is 1. The zero-order chi connectivity index (χ0) is 12.3. The van der Waals surface area contributed by atoms with Crippen LogP contribution < -0.4 is 5.32 Å². The van der Waals surface area contributed by atoms with Crippen molar-refractivity contribution in [3.63, 3.8) is 0 Å². The molecule has 1 N–H and O–H groups in total. The standard InChI is InChI=1S/C11H12F2N4/c1-8(10(12)13)16-9-4-2-5-14-11(9)17-7-3-6-15-17/h2-8,10,16H,1H3. The molecule has 0 radical (unpaired) electrons. The summed E-state index contributed by atoms with van der Waals surface area (Å²) in [5.74, 6) is 0.505. The Balaban J connectivity index is 2.29. The fourth-order valence-corrected chi connectivity index (χ4v) is 1.39. The van der Waals surface area contributed by atoms with Gasteiger partial charge in [0.1, 0.15) is 0 Å². The SMILES string of the molecule is CC(Nc1cccnc1-n1cccn1)C(F)F. The van der Waals surface area contributed by atoms with Crippen LogP contribution in [0.1, 0.15) is 6.92 Å². The molecule has 2 aromatic rings. The molecule has 2 rings (SSSR count). The summed E-state index contributed by atoms with van der Waals surface area (Å²) in [6.45, 7) is 1.42. The zero-order valence-electron chi connectivity index (χ0n) is 9.22. The molecule has 4 nitrogen and oxygen atoms in total. The summed E-state index contributed by atoms with van der Waals surface area (Å²) in [6.07, 6.45) is 2.48. The molecule has 0 saturated heterocycles. The number of hydrogen-bond donors (Lipinski definition) is 1. The number of halogens is 2. The molecule has 6 heteroatoms. The van der Waals surface area contributed by atoms with E-state index in [0.717, 1.165) is 0 Å². The molecule has 0 aliphatic carbocycles. The second-order valence-electron chi connectivity index (χ2n) is 3.59. The molecule has 0 aliphatic heterocycles. The fraction of sp³-hybridized carbons (Fsp3) is 0.273. The maximum Gasteiger partial charge on any atom is 0.258 e. The van der Waals surface area contributed by atoms with Gasteiger partial charge in [-0.1, -0.05) is 0 Å². The van der Waals surface area contributed by atoms with E-state index in [-0.39, 0.29) is 0 Å². The van der Waals surface area contributed by atoms with E-state index in [2.05, 4.69) is 15.4 Å². The Morgan fingerprint density at radius 3 is 2.76 bits per heavy atom. The van der Waals surface area contributed by atoms with Gasteiger partial charge in [0.2, 0.25) is 0 Å². The van der Waals surface area contributed by atoms with Gasteiger partial charge in [0.15, 0.2) is 5.82 Å². The first-order chi connectivity index (χ1) is 8.18. The molecule has 0 saturated carbocycles. The predicted molar refractivity (Wildman–Crippen MR) is 60.4 cm³/mol. The van der Waals surface area contributed by atoms with Crippen molar-refractivity contribution in [1.82, 2.24) is 14.8 Å². The number of rotatable bonds is 4. The molecule has 0 bridgehead atoms. The van der Waals surface area contributed by atoms with Crippen LogP contribution in [0.5, 0.6) is 0 Å². The summed E-state index contributed by atoms with van der Waals surface area (Å²) in [7, 11) is 0. The van der Waals surface area contributed by atoms with Crippen LogP contribution in [0.25, 0.3) is 5.82 Å². The molecule has 1 unspecified atom stereocenters. The van der Waals surface area contributed by atoms with Gasteiger partial charge in [-0.3, -0.25) is 0 Å². The third-order valence-electron chi connectivity index (χ3n) is 2.27. The van der Waals surface area contributed by atoms with Crippen LogP contribution in [-0.2, 0) is 0 Å². The van der Waals surface area contributed by atoms with E-state index in [0.29, 0.717) is 11.5 Å². The number of nitrogens with zero attached hydrogens (tertiary/aromatic N) is 3. The van der Waals surface area contributed by atoms with Crippen molar-refractivity contribution in [1.29, 1.82) is 0 Å². The van der Waals surface area contributed by atoms with Crippen molar-refractivity contribution in [2.45, 2.75) is 19.4 Å². The van der Waals surface area contributed by atoms with Gasteiger partial charge in [-0.05, 0) is 25.1 Å². The van der Waals surface area contributed by atoms with Gasteiger partial charge >= 0.3 is 0 Å². The summed E-state index contributed by atoms with van der Waals surface area (Å²) in [6, 6.07) is 4.19.